The first-order chi connectivity index (χ1) is 16.0. The highest BCUT2D eigenvalue weighted by molar-refractivity contribution is 7.93. The minimum atomic E-state index is -3.79. The Morgan fingerprint density at radius 2 is 1.53 bits per heavy atom. The second-order valence-electron chi connectivity index (χ2n) is 7.02. The van der Waals surface area contributed by atoms with E-state index in [0.29, 0.717) is 28.4 Å². The van der Waals surface area contributed by atoms with Crippen molar-refractivity contribution < 1.29 is 41.7 Å². The second-order valence-corrected chi connectivity index (χ2v) is 8.91. The summed E-state index contributed by atoms with van der Waals surface area (Å²) in [6, 6.07) is 7.59. The van der Waals surface area contributed by atoms with Crippen molar-refractivity contribution in [2.24, 2.45) is 5.73 Å². The number of benzene rings is 2. The number of carbonyl (C=O) groups excluding carboxylic acids is 2. The lowest BCUT2D eigenvalue weighted by Crippen LogP contribution is -2.26. The summed E-state index contributed by atoms with van der Waals surface area (Å²) in [6.07, 6.45) is -0.0689. The summed E-state index contributed by atoms with van der Waals surface area (Å²) in [5.41, 5.74) is 6.25. The number of sulfone groups is 1. The third-order valence-corrected chi connectivity index (χ3v) is 5.97. The molecule has 11 heteroatoms. The fraction of sp³-hybridized carbons (Fsp3) is 0.304. The van der Waals surface area contributed by atoms with Gasteiger partial charge in [-0.25, -0.2) is 8.42 Å². The Labute approximate surface area is 198 Å². The van der Waals surface area contributed by atoms with Crippen molar-refractivity contribution in [2.75, 3.05) is 28.4 Å². The van der Waals surface area contributed by atoms with E-state index in [4.69, 9.17) is 29.4 Å². The van der Waals surface area contributed by atoms with Gasteiger partial charge in [-0.3, -0.25) is 9.59 Å². The third-order valence-electron chi connectivity index (χ3n) is 4.68. The van der Waals surface area contributed by atoms with E-state index >= 15 is 0 Å². The molecule has 0 radical (unpaired) electrons. The molecule has 184 valence electrons. The first kappa shape index (κ1) is 26.5. The molecule has 0 saturated carbocycles. The molecular weight excluding hydrogens is 466 g/mol. The normalized spacial score (nSPS) is 12.1. The fourth-order valence-corrected chi connectivity index (χ4v) is 4.25. The van der Waals surface area contributed by atoms with Crippen molar-refractivity contribution in [2.45, 2.75) is 18.8 Å². The highest BCUT2D eigenvalue weighted by Gasteiger charge is 2.26. The molecule has 34 heavy (non-hydrogen) atoms. The smallest absolute Gasteiger partial charge is 0.303 e. The number of methoxy groups -OCH3 is 4. The van der Waals surface area contributed by atoms with Crippen molar-refractivity contribution in [3.63, 3.8) is 0 Å². The van der Waals surface area contributed by atoms with Gasteiger partial charge < -0.3 is 29.4 Å². The van der Waals surface area contributed by atoms with Crippen LogP contribution in [0.1, 0.15) is 29.7 Å². The first-order valence-electron chi connectivity index (χ1n) is 9.89. The Kier molecular flexibility index (Phi) is 8.90. The summed E-state index contributed by atoms with van der Waals surface area (Å²) < 4.78 is 51.8. The monoisotopic (exact) mass is 493 g/mol. The molecule has 1 unspecified atom stereocenters. The molecule has 0 spiro atoms. The topological polar surface area (TPSA) is 140 Å². The van der Waals surface area contributed by atoms with E-state index < -0.39 is 33.6 Å². The van der Waals surface area contributed by atoms with E-state index in [1.54, 1.807) is 12.1 Å². The van der Waals surface area contributed by atoms with Gasteiger partial charge in [0.15, 0.2) is 9.84 Å². The van der Waals surface area contributed by atoms with E-state index in [9.17, 15) is 18.0 Å². The maximum Gasteiger partial charge on any atom is 0.303 e. The Balaban J connectivity index is 2.42. The molecule has 2 aromatic carbocycles. The molecule has 0 aliphatic rings. The second kappa shape index (κ2) is 11.4. The molecule has 0 bridgehead atoms. The van der Waals surface area contributed by atoms with Crippen LogP contribution in [0, 0.1) is 0 Å². The number of primary amides is 1. The lowest BCUT2D eigenvalue weighted by Gasteiger charge is -2.18. The highest BCUT2D eigenvalue weighted by Crippen LogP contribution is 2.35. The maximum absolute atomic E-state index is 12.8. The summed E-state index contributed by atoms with van der Waals surface area (Å²) in [7, 11) is 1.94. The average Bonchev–Trinajstić information content (AvgIpc) is 2.79. The molecule has 2 N–H and O–H groups in total. The van der Waals surface area contributed by atoms with Gasteiger partial charge in [0.2, 0.25) is 6.10 Å². The van der Waals surface area contributed by atoms with Crippen LogP contribution in [0.25, 0.3) is 6.08 Å². The SMILES string of the molecule is COc1cc(OC)c(C=CS(=O)(=O)Cc2ccc(OC)c(C(OC(C)=O)C(N)=O)c2)c(OC)c1. The number of nitrogens with two attached hydrogens (primary N) is 1. The number of hydrogen-bond acceptors (Lipinski definition) is 9. The van der Waals surface area contributed by atoms with E-state index in [1.807, 2.05) is 0 Å². The zero-order valence-corrected chi connectivity index (χ0v) is 20.3. The van der Waals surface area contributed by atoms with Crippen LogP contribution in [-0.4, -0.2) is 48.7 Å². The summed E-state index contributed by atoms with van der Waals surface area (Å²) >= 11 is 0. The molecule has 0 aliphatic carbocycles. The predicted molar refractivity (Wildman–Crippen MR) is 124 cm³/mol. The lowest BCUT2D eigenvalue weighted by molar-refractivity contribution is -0.153. The van der Waals surface area contributed by atoms with E-state index in [-0.39, 0.29) is 11.3 Å². The molecule has 0 fully saturated rings. The Morgan fingerprint density at radius 1 is 0.941 bits per heavy atom. The van der Waals surface area contributed by atoms with E-state index in [2.05, 4.69) is 0 Å². The number of ether oxygens (including phenoxy) is 5. The van der Waals surface area contributed by atoms with Crippen molar-refractivity contribution in [3.05, 3.63) is 52.4 Å². The van der Waals surface area contributed by atoms with Gasteiger partial charge in [0.25, 0.3) is 5.91 Å². The Morgan fingerprint density at radius 3 is 2.00 bits per heavy atom. The van der Waals surface area contributed by atoms with Gasteiger partial charge in [-0.15, -0.1) is 0 Å². The molecule has 0 aromatic heterocycles. The molecular formula is C23H27NO9S. The van der Waals surface area contributed by atoms with Crippen LogP contribution in [-0.2, 0) is 29.9 Å². The molecule has 2 rings (SSSR count). The van der Waals surface area contributed by atoms with Crippen LogP contribution in [0.4, 0.5) is 0 Å². The third kappa shape index (κ3) is 6.64. The van der Waals surface area contributed by atoms with Gasteiger partial charge in [0.05, 0.1) is 39.8 Å². The van der Waals surface area contributed by atoms with Crippen molar-refractivity contribution >= 4 is 27.8 Å². The number of rotatable bonds is 11. The largest absolute Gasteiger partial charge is 0.496 e. The van der Waals surface area contributed by atoms with Crippen LogP contribution >= 0.6 is 0 Å². The minimum Gasteiger partial charge on any atom is -0.496 e. The van der Waals surface area contributed by atoms with Gasteiger partial charge >= 0.3 is 5.97 Å². The van der Waals surface area contributed by atoms with Crippen molar-refractivity contribution in [1.82, 2.24) is 0 Å². The van der Waals surface area contributed by atoms with Crippen LogP contribution < -0.4 is 24.7 Å². The molecule has 2 aromatic rings. The molecule has 1 atom stereocenters. The molecule has 1 amide bonds. The number of amides is 1. The molecule has 0 heterocycles. The average molecular weight is 494 g/mol. The molecule has 0 saturated heterocycles. The molecule has 10 nitrogen and oxygen atoms in total. The van der Waals surface area contributed by atoms with E-state index in [1.165, 1.54) is 52.7 Å². The van der Waals surface area contributed by atoms with Gasteiger partial charge in [-0.05, 0) is 23.8 Å². The van der Waals surface area contributed by atoms with Crippen LogP contribution in [0.5, 0.6) is 23.0 Å². The van der Waals surface area contributed by atoms with Crippen LogP contribution in [0.3, 0.4) is 0 Å². The maximum atomic E-state index is 12.8. The van der Waals surface area contributed by atoms with Crippen LogP contribution in [0.15, 0.2) is 35.7 Å². The fourth-order valence-electron chi connectivity index (χ4n) is 3.17. The zero-order chi connectivity index (χ0) is 25.5. The minimum absolute atomic E-state index is 0.139. The van der Waals surface area contributed by atoms with E-state index in [0.717, 1.165) is 12.3 Å². The van der Waals surface area contributed by atoms with Gasteiger partial charge in [-0.1, -0.05) is 6.07 Å². The van der Waals surface area contributed by atoms with Gasteiger partial charge in [0.1, 0.15) is 23.0 Å². The highest BCUT2D eigenvalue weighted by atomic mass is 32.2. The zero-order valence-electron chi connectivity index (χ0n) is 19.5. The number of hydrogen-bond donors (Lipinski definition) is 1. The quantitative estimate of drug-likeness (QED) is 0.467. The standard InChI is InChI=1S/C23H27NO9S/c1-14(25)33-22(23(24)26)18-10-15(6-7-19(18)30-3)13-34(27,28)9-8-17-20(31-4)11-16(29-2)12-21(17)32-5/h6-12,22H,13H2,1-5H3,(H2,24,26). The summed E-state index contributed by atoms with van der Waals surface area (Å²) in [6.45, 7) is 1.13. The lowest BCUT2D eigenvalue weighted by atomic mass is 10.0. The summed E-state index contributed by atoms with van der Waals surface area (Å²) in [4.78, 5) is 23.3. The summed E-state index contributed by atoms with van der Waals surface area (Å²) in [5.74, 6) is -0.639. The predicted octanol–water partition coefficient (Wildman–Crippen LogP) is 2.40. The Bertz CT molecular complexity index is 1160. The summed E-state index contributed by atoms with van der Waals surface area (Å²) in [5, 5.41) is 1.03. The van der Waals surface area contributed by atoms with Gasteiger partial charge in [0, 0.05) is 30.0 Å². The Hall–Kier alpha value is -3.73. The number of esters is 1. The number of carbonyl (C=O) groups is 2. The molecule has 0 aliphatic heterocycles. The van der Waals surface area contributed by atoms with Gasteiger partial charge in [-0.2, -0.15) is 0 Å². The first-order valence-corrected chi connectivity index (χ1v) is 11.6. The van der Waals surface area contributed by atoms with Crippen molar-refractivity contribution in [3.8, 4) is 23.0 Å². The van der Waals surface area contributed by atoms with Crippen LogP contribution in [0.2, 0.25) is 0 Å². The van der Waals surface area contributed by atoms with Crippen molar-refractivity contribution in [1.29, 1.82) is 0 Å².